The van der Waals surface area contributed by atoms with Crippen molar-refractivity contribution in [2.45, 2.75) is 13.8 Å². The van der Waals surface area contributed by atoms with E-state index in [1.807, 2.05) is 0 Å². The number of carbonyl (C=O) groups is 2. The highest BCUT2D eigenvalue weighted by atomic mass is 16.5. The summed E-state index contributed by atoms with van der Waals surface area (Å²) in [6.07, 6.45) is 0. The van der Waals surface area contributed by atoms with Gasteiger partial charge in [-0.15, -0.1) is 0 Å². The summed E-state index contributed by atoms with van der Waals surface area (Å²) in [5.41, 5.74) is 0.0931. The first-order valence-electron chi connectivity index (χ1n) is 6.35. The molecule has 0 heterocycles. The Labute approximate surface area is 117 Å². The fourth-order valence-corrected chi connectivity index (χ4v) is 1.67. The minimum atomic E-state index is -0.481. The Morgan fingerprint density at radius 2 is 2.00 bits per heavy atom. The number of carbonyl (C=O) groups excluding carboxylic acids is 2. The van der Waals surface area contributed by atoms with E-state index in [0.717, 1.165) is 0 Å². The van der Waals surface area contributed by atoms with Crippen LogP contribution in [-0.4, -0.2) is 48.7 Å². The smallest absolute Gasteiger partial charge is 0.325 e. The summed E-state index contributed by atoms with van der Waals surface area (Å²) in [4.78, 5) is 25.1. The summed E-state index contributed by atoms with van der Waals surface area (Å²) >= 11 is 0. The lowest BCUT2D eigenvalue weighted by molar-refractivity contribution is -0.143. The molecule has 0 aliphatic rings. The number of hydrogen-bond acceptors (Lipinski definition) is 5. The molecule has 0 spiro atoms. The Morgan fingerprint density at radius 3 is 2.55 bits per heavy atom. The minimum absolute atomic E-state index is 0.0931. The van der Waals surface area contributed by atoms with Crippen LogP contribution in [-0.2, 0) is 9.53 Å². The van der Waals surface area contributed by atoms with Crippen LogP contribution < -0.4 is 4.74 Å². The summed E-state index contributed by atoms with van der Waals surface area (Å²) in [6, 6.07) is 4.36. The predicted molar refractivity (Wildman–Crippen MR) is 72.9 cm³/mol. The van der Waals surface area contributed by atoms with Crippen LogP contribution in [0.5, 0.6) is 11.5 Å². The van der Waals surface area contributed by atoms with Crippen molar-refractivity contribution in [1.82, 2.24) is 4.90 Å². The molecule has 0 aliphatic heterocycles. The molecule has 0 radical (unpaired) electrons. The van der Waals surface area contributed by atoms with Crippen LogP contribution in [0.15, 0.2) is 18.2 Å². The molecule has 110 valence electrons. The maximum absolute atomic E-state index is 12.3. The number of nitrogens with zero attached hydrogens (tertiary/aromatic N) is 1. The molecule has 0 unspecified atom stereocenters. The first kappa shape index (κ1) is 15.8. The van der Waals surface area contributed by atoms with Gasteiger partial charge in [-0.1, -0.05) is 0 Å². The molecule has 0 saturated heterocycles. The van der Waals surface area contributed by atoms with Crippen molar-refractivity contribution >= 4 is 11.9 Å². The number of amides is 1. The van der Waals surface area contributed by atoms with E-state index in [1.165, 1.54) is 24.1 Å². The van der Waals surface area contributed by atoms with E-state index in [-0.39, 0.29) is 24.5 Å². The molecule has 0 aliphatic carbocycles. The second-order valence-electron chi connectivity index (χ2n) is 4.01. The standard InChI is InChI=1S/C14H19NO5/c1-4-15(9-13(17)20-5-2)14(18)11-8-10(19-3)6-7-12(11)16/h6-8,16H,4-5,9H2,1-3H3. The number of ether oxygens (including phenoxy) is 2. The number of hydrogen-bond donors (Lipinski definition) is 1. The van der Waals surface area contributed by atoms with Gasteiger partial charge in [0.15, 0.2) is 0 Å². The maximum atomic E-state index is 12.3. The molecule has 0 atom stereocenters. The molecule has 1 amide bonds. The van der Waals surface area contributed by atoms with Crippen molar-refractivity contribution in [3.63, 3.8) is 0 Å². The van der Waals surface area contributed by atoms with E-state index < -0.39 is 11.9 Å². The van der Waals surface area contributed by atoms with Gasteiger partial charge in [0.2, 0.25) is 0 Å². The van der Waals surface area contributed by atoms with Crippen molar-refractivity contribution in [3.05, 3.63) is 23.8 Å². The minimum Gasteiger partial charge on any atom is -0.507 e. The van der Waals surface area contributed by atoms with Gasteiger partial charge in [-0.2, -0.15) is 0 Å². The van der Waals surface area contributed by atoms with E-state index >= 15 is 0 Å². The first-order valence-corrected chi connectivity index (χ1v) is 6.35. The number of aromatic hydroxyl groups is 1. The molecule has 20 heavy (non-hydrogen) atoms. The quantitative estimate of drug-likeness (QED) is 0.798. The van der Waals surface area contributed by atoms with Crippen LogP contribution in [0.2, 0.25) is 0 Å². The second kappa shape index (κ2) is 7.37. The lowest BCUT2D eigenvalue weighted by atomic mass is 10.1. The number of phenols is 1. The number of esters is 1. The molecule has 1 N–H and O–H groups in total. The van der Waals surface area contributed by atoms with Crippen LogP contribution in [0.25, 0.3) is 0 Å². The van der Waals surface area contributed by atoms with Gasteiger partial charge in [0.1, 0.15) is 18.0 Å². The second-order valence-corrected chi connectivity index (χ2v) is 4.01. The molecule has 6 heteroatoms. The lowest BCUT2D eigenvalue weighted by Crippen LogP contribution is -2.36. The number of phenolic OH excluding ortho intramolecular Hbond substituents is 1. The monoisotopic (exact) mass is 281 g/mol. The van der Waals surface area contributed by atoms with E-state index in [0.29, 0.717) is 12.3 Å². The van der Waals surface area contributed by atoms with Crippen LogP contribution in [0.4, 0.5) is 0 Å². The van der Waals surface area contributed by atoms with Crippen molar-refractivity contribution < 1.29 is 24.2 Å². The van der Waals surface area contributed by atoms with E-state index in [1.54, 1.807) is 19.9 Å². The molecule has 0 aromatic heterocycles. The number of rotatable bonds is 6. The SMILES string of the molecule is CCOC(=O)CN(CC)C(=O)c1cc(OC)ccc1O. The van der Waals surface area contributed by atoms with Crippen LogP contribution in [0.3, 0.4) is 0 Å². The van der Waals surface area contributed by atoms with Crippen molar-refractivity contribution in [3.8, 4) is 11.5 Å². The highest BCUT2D eigenvalue weighted by Gasteiger charge is 2.21. The third-order valence-corrected chi connectivity index (χ3v) is 2.73. The Bertz CT molecular complexity index is 486. The average molecular weight is 281 g/mol. The molecular weight excluding hydrogens is 262 g/mol. The highest BCUT2D eigenvalue weighted by molar-refractivity contribution is 5.98. The van der Waals surface area contributed by atoms with E-state index in [2.05, 4.69) is 0 Å². The van der Waals surface area contributed by atoms with E-state index in [9.17, 15) is 14.7 Å². The summed E-state index contributed by atoms with van der Waals surface area (Å²) < 4.78 is 9.83. The van der Waals surface area contributed by atoms with Gasteiger partial charge in [0.25, 0.3) is 5.91 Å². The van der Waals surface area contributed by atoms with Gasteiger partial charge in [-0.25, -0.2) is 0 Å². The fourth-order valence-electron chi connectivity index (χ4n) is 1.67. The zero-order valence-electron chi connectivity index (χ0n) is 11.9. The molecule has 0 bridgehead atoms. The van der Waals surface area contributed by atoms with Gasteiger partial charge in [0.05, 0.1) is 19.3 Å². The van der Waals surface area contributed by atoms with Crippen LogP contribution in [0.1, 0.15) is 24.2 Å². The van der Waals surface area contributed by atoms with E-state index in [4.69, 9.17) is 9.47 Å². The van der Waals surface area contributed by atoms with Crippen molar-refractivity contribution in [2.75, 3.05) is 26.8 Å². The van der Waals surface area contributed by atoms with Gasteiger partial charge >= 0.3 is 5.97 Å². The maximum Gasteiger partial charge on any atom is 0.325 e. The van der Waals surface area contributed by atoms with Gasteiger partial charge in [-0.05, 0) is 32.0 Å². The molecule has 1 rings (SSSR count). The molecule has 0 fully saturated rings. The number of methoxy groups -OCH3 is 1. The Morgan fingerprint density at radius 1 is 1.30 bits per heavy atom. The first-order chi connectivity index (χ1) is 9.53. The Hall–Kier alpha value is -2.24. The summed E-state index contributed by atoms with van der Waals surface area (Å²) in [5.74, 6) is -0.626. The third kappa shape index (κ3) is 3.88. The zero-order chi connectivity index (χ0) is 15.1. The summed E-state index contributed by atoms with van der Waals surface area (Å²) in [5, 5.41) is 9.76. The van der Waals surface area contributed by atoms with Crippen LogP contribution in [0, 0.1) is 0 Å². The molecular formula is C14H19NO5. The number of benzene rings is 1. The largest absolute Gasteiger partial charge is 0.507 e. The normalized spacial score (nSPS) is 9.95. The Kier molecular flexibility index (Phi) is 5.83. The molecule has 1 aromatic carbocycles. The van der Waals surface area contributed by atoms with Gasteiger partial charge in [-0.3, -0.25) is 9.59 Å². The lowest BCUT2D eigenvalue weighted by Gasteiger charge is -2.20. The Balaban J connectivity index is 2.93. The van der Waals surface area contributed by atoms with Gasteiger partial charge < -0.3 is 19.5 Å². The fraction of sp³-hybridized carbons (Fsp3) is 0.429. The summed E-state index contributed by atoms with van der Waals surface area (Å²) in [6.45, 7) is 3.88. The molecule has 1 aromatic rings. The predicted octanol–water partition coefficient (Wildman–Crippen LogP) is 1.43. The third-order valence-electron chi connectivity index (χ3n) is 2.73. The zero-order valence-corrected chi connectivity index (χ0v) is 11.9. The number of likely N-dealkylation sites (N-methyl/N-ethyl adjacent to an activating group) is 1. The molecule has 0 saturated carbocycles. The van der Waals surface area contributed by atoms with Crippen LogP contribution >= 0.6 is 0 Å². The summed E-state index contributed by atoms with van der Waals surface area (Å²) in [7, 11) is 1.47. The van der Waals surface area contributed by atoms with Crippen molar-refractivity contribution in [2.24, 2.45) is 0 Å². The topological polar surface area (TPSA) is 76.1 Å². The molecule has 6 nitrogen and oxygen atoms in total. The van der Waals surface area contributed by atoms with Gasteiger partial charge in [0, 0.05) is 6.54 Å². The van der Waals surface area contributed by atoms with Crippen molar-refractivity contribution in [1.29, 1.82) is 0 Å². The highest BCUT2D eigenvalue weighted by Crippen LogP contribution is 2.24. The average Bonchev–Trinajstić information content (AvgIpc) is 2.45.